The highest BCUT2D eigenvalue weighted by molar-refractivity contribution is 5.97. The molecule has 0 heterocycles. The average molecular weight is 348 g/mol. The second-order valence-electron chi connectivity index (χ2n) is 6.47. The fraction of sp³-hybridized carbons (Fsp3) is 0.526. The number of carbonyl (C=O) groups excluding carboxylic acids is 3. The Kier molecular flexibility index (Phi) is 8.11. The lowest BCUT2D eigenvalue weighted by Crippen LogP contribution is -2.47. The van der Waals surface area contributed by atoms with Crippen LogP contribution in [0.15, 0.2) is 30.3 Å². The van der Waals surface area contributed by atoms with E-state index in [1.54, 1.807) is 13.8 Å². The molecule has 25 heavy (non-hydrogen) atoms. The van der Waals surface area contributed by atoms with Crippen LogP contribution in [-0.4, -0.2) is 30.1 Å². The van der Waals surface area contributed by atoms with Crippen molar-refractivity contribution in [2.24, 2.45) is 5.92 Å². The second kappa shape index (κ2) is 9.81. The summed E-state index contributed by atoms with van der Waals surface area (Å²) in [5, 5.41) is 4.72. The first-order valence-electron chi connectivity index (χ1n) is 8.63. The number of urea groups is 1. The summed E-state index contributed by atoms with van der Waals surface area (Å²) in [5.74, 6) is -1.50. The van der Waals surface area contributed by atoms with Gasteiger partial charge in [0, 0.05) is 6.04 Å². The van der Waals surface area contributed by atoms with Gasteiger partial charge in [-0.15, -0.1) is 0 Å². The smallest absolute Gasteiger partial charge is 0.321 e. The Morgan fingerprint density at radius 2 is 1.64 bits per heavy atom. The Bertz CT molecular complexity index is 586. The zero-order chi connectivity index (χ0) is 19.0. The highest BCUT2D eigenvalue weighted by Crippen LogP contribution is 2.28. The number of benzene rings is 1. The molecule has 0 aliphatic heterocycles. The minimum Gasteiger partial charge on any atom is -0.452 e. The monoisotopic (exact) mass is 348 g/mol. The molecule has 0 saturated heterocycles. The molecular formula is C19H28N2O4. The van der Waals surface area contributed by atoms with Gasteiger partial charge in [-0.1, -0.05) is 50.6 Å². The molecule has 3 amide bonds. The lowest BCUT2D eigenvalue weighted by molar-refractivity contribution is -0.157. The zero-order valence-electron chi connectivity index (χ0n) is 15.5. The number of carbonyl (C=O) groups is 3. The molecule has 1 rings (SSSR count). The van der Waals surface area contributed by atoms with Crippen LogP contribution in [0.1, 0.15) is 52.5 Å². The molecule has 0 fully saturated rings. The van der Waals surface area contributed by atoms with E-state index in [0.29, 0.717) is 0 Å². The molecular weight excluding hydrogens is 320 g/mol. The van der Waals surface area contributed by atoms with Crippen LogP contribution < -0.4 is 10.6 Å². The highest BCUT2D eigenvalue weighted by atomic mass is 16.5. The Balaban J connectivity index is 2.76. The minimum absolute atomic E-state index is 0.0643. The first-order valence-corrected chi connectivity index (χ1v) is 8.63. The van der Waals surface area contributed by atoms with Gasteiger partial charge < -0.3 is 10.1 Å². The summed E-state index contributed by atoms with van der Waals surface area (Å²) in [5.41, 5.74) is 0.854. The molecule has 6 heteroatoms. The van der Waals surface area contributed by atoms with Gasteiger partial charge in [-0.25, -0.2) is 4.79 Å². The van der Waals surface area contributed by atoms with Gasteiger partial charge >= 0.3 is 12.0 Å². The molecule has 0 spiro atoms. The molecule has 0 radical (unpaired) electrons. The topological polar surface area (TPSA) is 84.5 Å². The molecule has 0 aliphatic carbocycles. The lowest BCUT2D eigenvalue weighted by atomic mass is 9.85. The lowest BCUT2D eigenvalue weighted by Gasteiger charge is -2.23. The summed E-state index contributed by atoms with van der Waals surface area (Å²) in [6.45, 7) is 8.99. The van der Waals surface area contributed by atoms with Crippen molar-refractivity contribution in [3.05, 3.63) is 35.9 Å². The van der Waals surface area contributed by atoms with E-state index in [-0.39, 0.29) is 12.0 Å². The molecule has 0 unspecified atom stereocenters. The Morgan fingerprint density at radius 1 is 1.04 bits per heavy atom. The van der Waals surface area contributed by atoms with E-state index in [1.165, 1.54) is 6.92 Å². The van der Waals surface area contributed by atoms with Gasteiger partial charge in [-0.2, -0.15) is 0 Å². The summed E-state index contributed by atoms with van der Waals surface area (Å²) < 4.78 is 5.33. The maximum Gasteiger partial charge on any atom is 0.321 e. The largest absolute Gasteiger partial charge is 0.452 e. The number of esters is 1. The first-order chi connectivity index (χ1) is 11.8. The number of rotatable bonds is 7. The molecule has 0 saturated carbocycles. The summed E-state index contributed by atoms with van der Waals surface area (Å²) in [6.07, 6.45) is -0.257. The highest BCUT2D eigenvalue weighted by Gasteiger charge is 2.30. The Labute approximate surface area is 149 Å². The van der Waals surface area contributed by atoms with Crippen LogP contribution >= 0.6 is 0 Å². The number of hydrogen-bond acceptors (Lipinski definition) is 4. The van der Waals surface area contributed by atoms with E-state index in [2.05, 4.69) is 10.6 Å². The van der Waals surface area contributed by atoms with Crippen molar-refractivity contribution >= 4 is 17.9 Å². The van der Waals surface area contributed by atoms with Crippen molar-refractivity contribution in [1.29, 1.82) is 0 Å². The summed E-state index contributed by atoms with van der Waals surface area (Å²) >= 11 is 0. The number of nitrogens with one attached hydrogen (secondary N) is 2. The third kappa shape index (κ3) is 6.57. The third-order valence-corrected chi connectivity index (χ3v) is 3.94. The molecule has 2 N–H and O–H groups in total. The van der Waals surface area contributed by atoms with E-state index in [9.17, 15) is 14.4 Å². The van der Waals surface area contributed by atoms with E-state index in [1.807, 2.05) is 44.2 Å². The molecule has 138 valence electrons. The molecule has 0 bridgehead atoms. The van der Waals surface area contributed by atoms with Gasteiger partial charge in [0.25, 0.3) is 5.91 Å². The van der Waals surface area contributed by atoms with Gasteiger partial charge in [-0.05, 0) is 32.3 Å². The van der Waals surface area contributed by atoms with E-state index >= 15 is 0 Å². The fourth-order valence-corrected chi connectivity index (χ4v) is 2.41. The third-order valence-electron chi connectivity index (χ3n) is 3.94. The van der Waals surface area contributed by atoms with Crippen LogP contribution in [0, 0.1) is 5.92 Å². The van der Waals surface area contributed by atoms with Gasteiger partial charge in [0.2, 0.25) is 0 Å². The van der Waals surface area contributed by atoms with Crippen molar-refractivity contribution in [1.82, 2.24) is 10.6 Å². The predicted molar refractivity (Wildman–Crippen MR) is 96.0 cm³/mol. The van der Waals surface area contributed by atoms with E-state index < -0.39 is 29.9 Å². The van der Waals surface area contributed by atoms with Crippen LogP contribution in [0.3, 0.4) is 0 Å². The number of imide groups is 1. The number of ether oxygens (including phenoxy) is 1. The second-order valence-corrected chi connectivity index (χ2v) is 6.47. The van der Waals surface area contributed by atoms with Crippen molar-refractivity contribution in [2.75, 3.05) is 0 Å². The van der Waals surface area contributed by atoms with Crippen molar-refractivity contribution in [2.45, 2.75) is 59.1 Å². The number of amides is 3. The predicted octanol–water partition coefficient (Wildman–Crippen LogP) is 2.98. The van der Waals surface area contributed by atoms with Gasteiger partial charge in [0.15, 0.2) is 6.10 Å². The maximum absolute atomic E-state index is 12.6. The molecule has 1 aromatic carbocycles. The van der Waals surface area contributed by atoms with Crippen LogP contribution in [0.2, 0.25) is 0 Å². The summed E-state index contributed by atoms with van der Waals surface area (Å²) in [6, 6.07) is 8.65. The molecule has 0 aromatic heterocycles. The summed E-state index contributed by atoms with van der Waals surface area (Å²) in [4.78, 5) is 36.2. The fourth-order valence-electron chi connectivity index (χ4n) is 2.41. The van der Waals surface area contributed by atoms with Gasteiger partial charge in [0.1, 0.15) is 0 Å². The first kappa shape index (κ1) is 20.7. The Morgan fingerprint density at radius 3 is 2.16 bits per heavy atom. The Hall–Kier alpha value is -2.37. The summed E-state index contributed by atoms with van der Waals surface area (Å²) in [7, 11) is 0. The maximum atomic E-state index is 12.6. The number of hydrogen-bond donors (Lipinski definition) is 2. The quantitative estimate of drug-likeness (QED) is 0.742. The zero-order valence-corrected chi connectivity index (χ0v) is 15.5. The van der Waals surface area contributed by atoms with Crippen molar-refractivity contribution in [3.63, 3.8) is 0 Å². The molecule has 6 nitrogen and oxygen atoms in total. The van der Waals surface area contributed by atoms with Gasteiger partial charge in [0.05, 0.1) is 5.92 Å². The van der Waals surface area contributed by atoms with Crippen molar-refractivity contribution in [3.8, 4) is 0 Å². The van der Waals surface area contributed by atoms with Crippen LogP contribution in [0.5, 0.6) is 0 Å². The molecule has 1 aromatic rings. The standard InChI is InChI=1S/C19H28N2O4/c1-6-13(4)16(15-10-8-7-9-11-15)18(23)25-14(5)17(22)21-19(24)20-12(2)3/h7-14,16H,6H2,1-5H3,(H2,20,21,22,24)/t13-,14+,16-/m1/s1. The van der Waals surface area contributed by atoms with E-state index in [0.717, 1.165) is 12.0 Å². The van der Waals surface area contributed by atoms with Crippen LogP contribution in [0.25, 0.3) is 0 Å². The minimum atomic E-state index is -1.05. The van der Waals surface area contributed by atoms with Crippen LogP contribution in [0.4, 0.5) is 4.79 Å². The SMILES string of the molecule is CC[C@@H](C)[C@@H](C(=O)O[C@@H](C)C(=O)NC(=O)NC(C)C)c1ccccc1. The molecule has 3 atom stereocenters. The average Bonchev–Trinajstić information content (AvgIpc) is 2.54. The van der Waals surface area contributed by atoms with Crippen LogP contribution in [-0.2, 0) is 14.3 Å². The van der Waals surface area contributed by atoms with E-state index in [4.69, 9.17) is 4.74 Å². The molecule has 0 aliphatic rings. The van der Waals surface area contributed by atoms with Crippen molar-refractivity contribution < 1.29 is 19.1 Å². The normalized spacial score (nSPS) is 14.3. The van der Waals surface area contributed by atoms with Gasteiger partial charge in [-0.3, -0.25) is 14.9 Å².